The van der Waals surface area contributed by atoms with E-state index in [1.165, 1.54) is 10.9 Å². The van der Waals surface area contributed by atoms with Gasteiger partial charge in [0.1, 0.15) is 11.5 Å². The molecule has 9 nitrogen and oxygen atoms in total. The molecular weight excluding hydrogens is 578 g/mol. The highest BCUT2D eigenvalue weighted by atomic mass is 79.9. The Morgan fingerprint density at radius 3 is 2.62 bits per heavy atom. The van der Waals surface area contributed by atoms with E-state index >= 15 is 0 Å². The lowest BCUT2D eigenvalue weighted by molar-refractivity contribution is 0.0734. The van der Waals surface area contributed by atoms with Gasteiger partial charge in [-0.1, -0.05) is 28.1 Å². The number of carbonyl (C=O) groups is 1. The highest BCUT2D eigenvalue weighted by Crippen LogP contribution is 2.33. The summed E-state index contributed by atoms with van der Waals surface area (Å²) in [5.74, 6) is 1.72. The Labute approximate surface area is 236 Å². The fraction of sp³-hybridized carbons (Fsp3) is 0.0667. The maximum atomic E-state index is 13.5. The number of ether oxygens (including phenoxy) is 4. The van der Waals surface area contributed by atoms with Crippen LogP contribution in [-0.2, 0) is 0 Å². The third kappa shape index (κ3) is 4.92. The fourth-order valence-electron chi connectivity index (χ4n) is 4.17. The molecule has 5 aromatic rings. The van der Waals surface area contributed by atoms with Gasteiger partial charge in [-0.05, 0) is 72.8 Å². The van der Waals surface area contributed by atoms with E-state index in [1.54, 1.807) is 86.0 Å². The number of carbonyl (C=O) groups excluding carboxylic acids is 1. The number of rotatable bonds is 6. The minimum atomic E-state index is -0.585. The van der Waals surface area contributed by atoms with Crippen molar-refractivity contribution in [1.29, 1.82) is 0 Å². The van der Waals surface area contributed by atoms with Gasteiger partial charge in [-0.15, -0.1) is 0 Å². The number of benzene rings is 4. The minimum Gasteiger partial charge on any atom is -0.497 e. The number of nitrogens with zero attached hydrogens (tertiary/aromatic N) is 3. The van der Waals surface area contributed by atoms with Crippen molar-refractivity contribution in [3.8, 4) is 34.4 Å². The minimum absolute atomic E-state index is 0.0999. The first-order valence-corrected chi connectivity index (χ1v) is 12.9. The molecular formula is C30H20BrN3O6. The summed E-state index contributed by atoms with van der Waals surface area (Å²) in [5, 5.41) is 4.93. The molecule has 4 aromatic carbocycles. The molecule has 0 amide bonds. The van der Waals surface area contributed by atoms with Crippen molar-refractivity contribution in [3.63, 3.8) is 0 Å². The summed E-state index contributed by atoms with van der Waals surface area (Å²) >= 11 is 3.45. The smallest absolute Gasteiger partial charge is 0.343 e. The summed E-state index contributed by atoms with van der Waals surface area (Å²) < 4.78 is 23.6. The van der Waals surface area contributed by atoms with E-state index in [0.29, 0.717) is 50.7 Å². The second-order valence-corrected chi connectivity index (χ2v) is 9.60. The van der Waals surface area contributed by atoms with Gasteiger partial charge in [-0.25, -0.2) is 9.78 Å². The van der Waals surface area contributed by atoms with Crippen molar-refractivity contribution in [3.05, 3.63) is 111 Å². The third-order valence-corrected chi connectivity index (χ3v) is 6.69. The summed E-state index contributed by atoms with van der Waals surface area (Å²) in [6.07, 6.45) is 1.46. The summed E-state index contributed by atoms with van der Waals surface area (Å²) in [6, 6.07) is 24.2. The van der Waals surface area contributed by atoms with Crippen LogP contribution in [0.1, 0.15) is 15.9 Å². The molecule has 0 radical (unpaired) electrons. The molecule has 0 N–H and O–H groups in total. The Hall–Kier alpha value is -4.96. The highest BCUT2D eigenvalue weighted by molar-refractivity contribution is 9.10. The van der Waals surface area contributed by atoms with Gasteiger partial charge in [0, 0.05) is 15.6 Å². The Kier molecular flexibility index (Phi) is 6.75. The molecule has 0 spiro atoms. The lowest BCUT2D eigenvalue weighted by atomic mass is 10.2. The van der Waals surface area contributed by atoms with Gasteiger partial charge >= 0.3 is 5.97 Å². The molecule has 0 saturated carbocycles. The van der Waals surface area contributed by atoms with Crippen LogP contribution in [0.2, 0.25) is 0 Å². The van der Waals surface area contributed by atoms with Crippen LogP contribution in [0.25, 0.3) is 22.3 Å². The van der Waals surface area contributed by atoms with E-state index < -0.39 is 5.97 Å². The van der Waals surface area contributed by atoms with E-state index in [9.17, 15) is 9.59 Å². The predicted octanol–water partition coefficient (Wildman–Crippen LogP) is 5.66. The molecule has 0 aliphatic carbocycles. The Morgan fingerprint density at radius 2 is 1.80 bits per heavy atom. The van der Waals surface area contributed by atoms with Crippen molar-refractivity contribution in [2.75, 3.05) is 13.9 Å². The van der Waals surface area contributed by atoms with Gasteiger partial charge in [0.05, 0.1) is 29.8 Å². The summed E-state index contributed by atoms with van der Waals surface area (Å²) in [7, 11) is 1.58. The Bertz CT molecular complexity index is 1850. The summed E-state index contributed by atoms with van der Waals surface area (Å²) in [5.41, 5.74) is 1.63. The van der Waals surface area contributed by atoms with E-state index in [4.69, 9.17) is 23.9 Å². The molecule has 1 aliphatic heterocycles. The zero-order valence-corrected chi connectivity index (χ0v) is 22.6. The first-order chi connectivity index (χ1) is 19.5. The number of esters is 1. The molecule has 10 heteroatoms. The molecule has 198 valence electrons. The van der Waals surface area contributed by atoms with Crippen LogP contribution >= 0.6 is 15.9 Å². The first kappa shape index (κ1) is 25.3. The van der Waals surface area contributed by atoms with Crippen LogP contribution in [0.5, 0.6) is 23.0 Å². The molecule has 40 heavy (non-hydrogen) atoms. The lowest BCUT2D eigenvalue weighted by Gasteiger charge is -2.11. The zero-order valence-electron chi connectivity index (χ0n) is 21.0. The van der Waals surface area contributed by atoms with Crippen LogP contribution < -0.4 is 24.5 Å². The van der Waals surface area contributed by atoms with Gasteiger partial charge in [-0.3, -0.25) is 4.79 Å². The molecule has 1 aliphatic rings. The van der Waals surface area contributed by atoms with E-state index in [-0.39, 0.29) is 18.1 Å². The van der Waals surface area contributed by atoms with E-state index in [2.05, 4.69) is 21.0 Å². The average Bonchev–Trinajstić information content (AvgIpc) is 3.46. The monoisotopic (exact) mass is 597 g/mol. The molecule has 0 unspecified atom stereocenters. The van der Waals surface area contributed by atoms with Crippen molar-refractivity contribution >= 4 is 39.0 Å². The molecule has 1 aromatic heterocycles. The molecule has 0 fully saturated rings. The van der Waals surface area contributed by atoms with E-state index in [0.717, 1.165) is 4.47 Å². The predicted molar refractivity (Wildman–Crippen MR) is 153 cm³/mol. The zero-order chi connectivity index (χ0) is 27.6. The Morgan fingerprint density at radius 1 is 1.00 bits per heavy atom. The van der Waals surface area contributed by atoms with Crippen molar-refractivity contribution < 1.29 is 23.7 Å². The van der Waals surface area contributed by atoms with Gasteiger partial charge in [0.25, 0.3) is 5.56 Å². The second kappa shape index (κ2) is 10.7. The van der Waals surface area contributed by atoms with E-state index in [1.807, 2.05) is 6.07 Å². The number of halogens is 1. The highest BCUT2D eigenvalue weighted by Gasteiger charge is 2.19. The van der Waals surface area contributed by atoms with Crippen molar-refractivity contribution in [2.24, 2.45) is 5.10 Å². The molecule has 2 heterocycles. The summed E-state index contributed by atoms with van der Waals surface area (Å²) in [4.78, 5) is 31.2. The molecule has 0 saturated heterocycles. The van der Waals surface area contributed by atoms with Crippen LogP contribution in [-0.4, -0.2) is 35.7 Å². The summed E-state index contributed by atoms with van der Waals surface area (Å²) in [6.45, 7) is 0.0999. The van der Waals surface area contributed by atoms with Crippen molar-refractivity contribution in [2.45, 2.75) is 0 Å². The maximum absolute atomic E-state index is 13.5. The third-order valence-electron chi connectivity index (χ3n) is 6.20. The van der Waals surface area contributed by atoms with Gasteiger partial charge in [-0.2, -0.15) is 9.78 Å². The number of hydrogen-bond donors (Lipinski definition) is 0. The second-order valence-electron chi connectivity index (χ2n) is 8.68. The molecule has 6 rings (SSSR count). The lowest BCUT2D eigenvalue weighted by Crippen LogP contribution is -2.20. The van der Waals surface area contributed by atoms with Crippen LogP contribution in [0.15, 0.2) is 99.3 Å². The largest absolute Gasteiger partial charge is 0.497 e. The standard InChI is InChI=1S/C30H20BrN3O6/c1-37-22-10-6-18(7-11-22)28-33-24-5-3-2-4-23(24)29(35)34(28)32-16-20-14-21(31)9-13-25(20)40-30(36)19-8-12-26-27(15-19)39-17-38-26/h2-16H,17H2,1H3. The number of fused-ring (bicyclic) bond motifs is 2. The van der Waals surface area contributed by atoms with Crippen LogP contribution in [0.4, 0.5) is 0 Å². The quantitative estimate of drug-likeness (QED) is 0.141. The Balaban J connectivity index is 1.39. The average molecular weight is 598 g/mol. The van der Waals surface area contributed by atoms with Gasteiger partial charge in [0.2, 0.25) is 6.79 Å². The number of methoxy groups -OCH3 is 1. The molecule has 0 bridgehead atoms. The first-order valence-electron chi connectivity index (χ1n) is 12.1. The van der Waals surface area contributed by atoms with Gasteiger partial charge < -0.3 is 18.9 Å². The molecule has 0 atom stereocenters. The van der Waals surface area contributed by atoms with Crippen LogP contribution in [0, 0.1) is 0 Å². The SMILES string of the molecule is COc1ccc(-c2nc3ccccc3c(=O)n2N=Cc2cc(Br)ccc2OC(=O)c2ccc3c(c2)OCO3)cc1. The fourth-order valence-corrected chi connectivity index (χ4v) is 4.55. The van der Waals surface area contributed by atoms with Gasteiger partial charge in [0.15, 0.2) is 17.3 Å². The van der Waals surface area contributed by atoms with Crippen molar-refractivity contribution in [1.82, 2.24) is 9.66 Å². The number of para-hydroxylation sites is 1. The number of aromatic nitrogens is 2. The van der Waals surface area contributed by atoms with Crippen LogP contribution in [0.3, 0.4) is 0 Å². The maximum Gasteiger partial charge on any atom is 0.343 e. The normalized spacial score (nSPS) is 12.2. The topological polar surface area (TPSA) is 101 Å². The number of hydrogen-bond acceptors (Lipinski definition) is 8.